The number of rotatable bonds is 5. The van der Waals surface area contributed by atoms with Gasteiger partial charge in [-0.1, -0.05) is 20.8 Å². The van der Waals surface area contributed by atoms with E-state index in [1.165, 1.54) is 7.11 Å². The molecule has 2 N–H and O–H groups in total. The lowest BCUT2D eigenvalue weighted by Gasteiger charge is -2.36. The summed E-state index contributed by atoms with van der Waals surface area (Å²) in [6.07, 6.45) is 0.559. The molecule has 0 saturated carbocycles. The van der Waals surface area contributed by atoms with Gasteiger partial charge in [0.05, 0.1) is 25.8 Å². The summed E-state index contributed by atoms with van der Waals surface area (Å²) in [7, 11) is 1.25. The number of Topliss-reactive ketones (excluding diaryl/α,β-unsaturated/α-hetero) is 1. The van der Waals surface area contributed by atoms with Crippen LogP contribution in [0.1, 0.15) is 33.6 Å². The van der Waals surface area contributed by atoms with Crippen molar-refractivity contribution in [2.45, 2.75) is 33.6 Å². The quantitative estimate of drug-likeness (QED) is 0.591. The van der Waals surface area contributed by atoms with Crippen LogP contribution >= 0.6 is 0 Å². The van der Waals surface area contributed by atoms with E-state index in [0.717, 1.165) is 0 Å². The van der Waals surface area contributed by atoms with E-state index < -0.39 is 17.3 Å². The van der Waals surface area contributed by atoms with Gasteiger partial charge in [-0.25, -0.2) is 0 Å². The fraction of sp³-hybridized carbons (Fsp3) is 0.667. The lowest BCUT2D eigenvalue weighted by molar-refractivity contribution is -0.150. The lowest BCUT2D eigenvalue weighted by Crippen LogP contribution is -2.41. The van der Waals surface area contributed by atoms with Crippen molar-refractivity contribution in [3.63, 3.8) is 0 Å². The van der Waals surface area contributed by atoms with Crippen molar-refractivity contribution in [3.05, 3.63) is 11.3 Å². The Morgan fingerprint density at radius 2 is 2.10 bits per heavy atom. The van der Waals surface area contributed by atoms with E-state index in [1.54, 1.807) is 20.8 Å². The molecule has 1 atom stereocenters. The molecule has 0 heterocycles. The second kappa shape index (κ2) is 6.85. The van der Waals surface area contributed by atoms with Crippen molar-refractivity contribution in [2.75, 3.05) is 20.3 Å². The number of hydrogen-bond acceptors (Lipinski definition) is 6. The van der Waals surface area contributed by atoms with Crippen LogP contribution in [-0.4, -0.2) is 47.9 Å². The van der Waals surface area contributed by atoms with E-state index in [9.17, 15) is 14.7 Å². The fourth-order valence-electron chi connectivity index (χ4n) is 2.67. The van der Waals surface area contributed by atoms with E-state index >= 15 is 0 Å². The van der Waals surface area contributed by atoms with E-state index in [2.05, 4.69) is 4.99 Å². The zero-order valence-electron chi connectivity index (χ0n) is 13.0. The maximum absolute atomic E-state index is 12.3. The van der Waals surface area contributed by atoms with Crippen molar-refractivity contribution < 1.29 is 24.5 Å². The third kappa shape index (κ3) is 3.50. The summed E-state index contributed by atoms with van der Waals surface area (Å²) in [6.45, 7) is 5.31. The van der Waals surface area contributed by atoms with Gasteiger partial charge in [-0.05, 0) is 11.8 Å². The van der Waals surface area contributed by atoms with Crippen molar-refractivity contribution in [1.82, 2.24) is 0 Å². The van der Waals surface area contributed by atoms with Gasteiger partial charge in [-0.2, -0.15) is 0 Å². The number of carbonyl (C=O) groups excluding carboxylic acids is 2. The minimum atomic E-state index is -0.888. The number of ketones is 1. The molecule has 0 saturated heterocycles. The van der Waals surface area contributed by atoms with Gasteiger partial charge in [0.2, 0.25) is 0 Å². The Morgan fingerprint density at radius 1 is 1.48 bits per heavy atom. The highest BCUT2D eigenvalue weighted by Gasteiger charge is 2.47. The van der Waals surface area contributed by atoms with Crippen molar-refractivity contribution >= 4 is 17.5 Å². The molecule has 21 heavy (non-hydrogen) atoms. The molecule has 1 aliphatic rings. The summed E-state index contributed by atoms with van der Waals surface area (Å²) in [5, 5.41) is 19.3. The maximum atomic E-state index is 12.3. The molecule has 0 spiro atoms. The molecule has 0 aromatic rings. The molecule has 0 aromatic heterocycles. The monoisotopic (exact) mass is 297 g/mol. The lowest BCUT2D eigenvalue weighted by atomic mass is 9.67. The summed E-state index contributed by atoms with van der Waals surface area (Å²) in [5.41, 5.74) is -0.204. The van der Waals surface area contributed by atoms with Crippen LogP contribution < -0.4 is 0 Å². The molecular weight excluding hydrogens is 274 g/mol. The average molecular weight is 297 g/mol. The number of methoxy groups -OCH3 is 1. The first kappa shape index (κ1) is 17.4. The molecule has 0 amide bonds. The predicted molar refractivity (Wildman–Crippen MR) is 78.2 cm³/mol. The van der Waals surface area contributed by atoms with Crippen molar-refractivity contribution in [1.29, 1.82) is 0 Å². The summed E-state index contributed by atoms with van der Waals surface area (Å²) < 4.78 is 4.75. The number of allylic oxidation sites excluding steroid dienone is 1. The van der Waals surface area contributed by atoms with Crippen LogP contribution in [0.15, 0.2) is 16.3 Å². The van der Waals surface area contributed by atoms with E-state index in [1.807, 2.05) is 0 Å². The zero-order chi connectivity index (χ0) is 16.2. The van der Waals surface area contributed by atoms with Crippen LogP contribution in [0.3, 0.4) is 0 Å². The Kier molecular flexibility index (Phi) is 5.66. The predicted octanol–water partition coefficient (Wildman–Crippen LogP) is 1.43. The standard InChI is InChI=1S/C15H23NO5/c1-5-9(16-6-7-17)11-10(18)8-15(2,3)12(13(11)19)14(20)21-4/h12,17,19H,5-8H2,1-4H3/t12-/m0/s1. The third-order valence-electron chi connectivity index (χ3n) is 3.67. The van der Waals surface area contributed by atoms with Crippen molar-refractivity contribution in [3.8, 4) is 0 Å². The van der Waals surface area contributed by atoms with Gasteiger partial charge in [0.15, 0.2) is 5.78 Å². The topological polar surface area (TPSA) is 96.2 Å². The number of esters is 1. The highest BCUT2D eigenvalue weighted by Crippen LogP contribution is 2.42. The van der Waals surface area contributed by atoms with Gasteiger partial charge in [-0.3, -0.25) is 14.6 Å². The zero-order valence-corrected chi connectivity index (χ0v) is 13.0. The molecule has 0 fully saturated rings. The molecule has 0 unspecified atom stereocenters. The molecule has 0 radical (unpaired) electrons. The van der Waals surface area contributed by atoms with E-state index in [4.69, 9.17) is 9.84 Å². The molecule has 118 valence electrons. The molecule has 6 heteroatoms. The van der Waals surface area contributed by atoms with Crippen LogP contribution in [0.2, 0.25) is 0 Å². The Morgan fingerprint density at radius 3 is 2.57 bits per heavy atom. The van der Waals surface area contributed by atoms with Crippen LogP contribution in [0.25, 0.3) is 0 Å². The number of nitrogens with zero attached hydrogens (tertiary/aromatic N) is 1. The Hall–Kier alpha value is -1.69. The first-order valence-corrected chi connectivity index (χ1v) is 6.98. The number of aliphatic hydroxyl groups is 2. The SMILES string of the molecule is CCC(=NCCO)C1=C(O)[C@@H](C(=O)OC)C(C)(C)CC1=O. The molecule has 0 aromatic carbocycles. The minimum absolute atomic E-state index is 0.0978. The highest BCUT2D eigenvalue weighted by atomic mass is 16.5. The van der Waals surface area contributed by atoms with E-state index in [-0.39, 0.29) is 36.7 Å². The van der Waals surface area contributed by atoms with Gasteiger partial charge in [0.25, 0.3) is 0 Å². The third-order valence-corrected chi connectivity index (χ3v) is 3.67. The van der Waals surface area contributed by atoms with Crippen LogP contribution in [-0.2, 0) is 14.3 Å². The second-order valence-electron chi connectivity index (χ2n) is 5.71. The number of hydrogen-bond donors (Lipinski definition) is 2. The summed E-state index contributed by atoms with van der Waals surface area (Å²) in [4.78, 5) is 28.4. The first-order valence-electron chi connectivity index (χ1n) is 6.98. The molecule has 0 bridgehead atoms. The van der Waals surface area contributed by atoms with Gasteiger partial charge < -0.3 is 14.9 Å². The minimum Gasteiger partial charge on any atom is -0.511 e. The normalized spacial score (nSPS) is 22.4. The van der Waals surface area contributed by atoms with Gasteiger partial charge in [-0.15, -0.1) is 0 Å². The highest BCUT2D eigenvalue weighted by molar-refractivity contribution is 6.23. The fourth-order valence-corrected chi connectivity index (χ4v) is 2.67. The van der Waals surface area contributed by atoms with E-state index in [0.29, 0.717) is 12.1 Å². The van der Waals surface area contributed by atoms with Crippen LogP contribution in [0.4, 0.5) is 0 Å². The van der Waals surface area contributed by atoms with Crippen LogP contribution in [0, 0.1) is 11.3 Å². The van der Waals surface area contributed by atoms with Gasteiger partial charge in [0, 0.05) is 12.1 Å². The smallest absolute Gasteiger partial charge is 0.316 e. The Bertz CT molecular complexity index is 490. The molecule has 1 aliphatic carbocycles. The van der Waals surface area contributed by atoms with Gasteiger partial charge in [0.1, 0.15) is 11.7 Å². The van der Waals surface area contributed by atoms with Crippen molar-refractivity contribution in [2.24, 2.45) is 16.3 Å². The van der Waals surface area contributed by atoms with Gasteiger partial charge >= 0.3 is 5.97 Å². The number of aliphatic imine (C=N–C) groups is 1. The molecule has 1 rings (SSSR count). The summed E-state index contributed by atoms with van der Waals surface area (Å²) in [5.74, 6) is -1.97. The average Bonchev–Trinajstić information content (AvgIpc) is 2.40. The number of carbonyl (C=O) groups is 2. The number of ether oxygens (including phenoxy) is 1. The largest absolute Gasteiger partial charge is 0.511 e. The summed E-state index contributed by atoms with van der Waals surface area (Å²) >= 11 is 0. The number of aliphatic hydroxyl groups excluding tert-OH is 2. The molecule has 0 aliphatic heterocycles. The molecule has 6 nitrogen and oxygen atoms in total. The molecular formula is C15H23NO5. The first-order chi connectivity index (χ1) is 9.80. The second-order valence-corrected chi connectivity index (χ2v) is 5.71. The maximum Gasteiger partial charge on any atom is 0.316 e. The summed E-state index contributed by atoms with van der Waals surface area (Å²) in [6, 6.07) is 0. The Labute approximate surface area is 124 Å². The Balaban J connectivity index is 3.39. The van der Waals surface area contributed by atoms with Crippen LogP contribution in [0.5, 0.6) is 0 Å².